The largest absolute Gasteiger partial charge is 0.352 e. The highest BCUT2D eigenvalue weighted by Crippen LogP contribution is 2.29. The molecule has 0 spiro atoms. The first-order valence-corrected chi connectivity index (χ1v) is 12.8. The van der Waals surface area contributed by atoms with Crippen molar-refractivity contribution in [3.05, 3.63) is 67.6 Å². The van der Waals surface area contributed by atoms with Gasteiger partial charge in [0.2, 0.25) is 11.8 Å². The zero-order valence-corrected chi connectivity index (χ0v) is 22.0. The average molecular weight is 536 g/mol. The van der Waals surface area contributed by atoms with Gasteiger partial charge in [0.15, 0.2) is 0 Å². The summed E-state index contributed by atoms with van der Waals surface area (Å²) in [6.45, 7) is 5.85. The summed E-state index contributed by atoms with van der Waals surface area (Å²) in [5.41, 5.74) is 1.50. The quantitative estimate of drug-likeness (QED) is 0.361. The molecule has 2 aromatic carbocycles. The fraction of sp³-hybridized carbons (Fsp3) is 0.391. The zero-order chi connectivity index (χ0) is 23.8. The van der Waals surface area contributed by atoms with Crippen molar-refractivity contribution >= 4 is 70.0 Å². The molecule has 2 aromatic rings. The van der Waals surface area contributed by atoms with Crippen molar-refractivity contribution in [2.75, 3.05) is 5.75 Å². The van der Waals surface area contributed by atoms with Gasteiger partial charge in [-0.1, -0.05) is 65.5 Å². The van der Waals surface area contributed by atoms with Gasteiger partial charge in [-0.2, -0.15) is 0 Å². The summed E-state index contributed by atoms with van der Waals surface area (Å²) in [6, 6.07) is 9.77. The normalized spacial score (nSPS) is 12.0. The molecule has 0 aliphatic heterocycles. The van der Waals surface area contributed by atoms with E-state index in [1.54, 1.807) is 41.3 Å². The standard InChI is InChI=1S/C23H26Cl4N2O2S/c1-4-21(23(31)28-14(2)3)29(11-15-8-9-16(24)10-20(15)27)22(30)13-32-12-17-18(25)6-5-7-19(17)26/h5-10,14,21H,4,11-13H2,1-3H3,(H,28,31). The number of nitrogens with one attached hydrogen (secondary N) is 1. The van der Waals surface area contributed by atoms with Crippen LogP contribution in [0, 0.1) is 0 Å². The number of rotatable bonds is 10. The molecule has 0 aromatic heterocycles. The van der Waals surface area contributed by atoms with Crippen LogP contribution < -0.4 is 5.32 Å². The second kappa shape index (κ2) is 13.0. The van der Waals surface area contributed by atoms with E-state index in [0.717, 1.165) is 11.1 Å². The minimum absolute atomic E-state index is 0.0376. The number of benzene rings is 2. The summed E-state index contributed by atoms with van der Waals surface area (Å²) in [5, 5.41) is 4.98. The maximum absolute atomic E-state index is 13.3. The van der Waals surface area contributed by atoms with Crippen molar-refractivity contribution in [2.24, 2.45) is 0 Å². The number of hydrogen-bond donors (Lipinski definition) is 1. The summed E-state index contributed by atoms with van der Waals surface area (Å²) < 4.78 is 0. The first-order valence-electron chi connectivity index (χ1n) is 10.2. The van der Waals surface area contributed by atoms with E-state index in [2.05, 4.69) is 5.32 Å². The van der Waals surface area contributed by atoms with E-state index < -0.39 is 6.04 Å². The van der Waals surface area contributed by atoms with Crippen molar-refractivity contribution in [1.29, 1.82) is 0 Å². The molecule has 0 fully saturated rings. The number of carbonyl (C=O) groups excluding carboxylic acids is 2. The number of amides is 2. The van der Waals surface area contributed by atoms with Gasteiger partial charge in [0.1, 0.15) is 6.04 Å². The van der Waals surface area contributed by atoms with E-state index >= 15 is 0 Å². The third-order valence-electron chi connectivity index (χ3n) is 4.71. The highest BCUT2D eigenvalue weighted by atomic mass is 35.5. The van der Waals surface area contributed by atoms with Gasteiger partial charge in [-0.05, 0) is 55.7 Å². The molecule has 0 bridgehead atoms. The minimum atomic E-state index is -0.624. The highest BCUT2D eigenvalue weighted by Gasteiger charge is 2.29. The summed E-state index contributed by atoms with van der Waals surface area (Å²) in [5.74, 6) is 0.280. The van der Waals surface area contributed by atoms with Gasteiger partial charge in [-0.15, -0.1) is 11.8 Å². The minimum Gasteiger partial charge on any atom is -0.352 e. The topological polar surface area (TPSA) is 49.4 Å². The van der Waals surface area contributed by atoms with Crippen LogP contribution >= 0.6 is 58.2 Å². The molecule has 0 saturated heterocycles. The Hall–Kier alpha value is -1.11. The van der Waals surface area contributed by atoms with Crippen LogP contribution in [-0.2, 0) is 21.9 Å². The van der Waals surface area contributed by atoms with Gasteiger partial charge in [-0.3, -0.25) is 9.59 Å². The van der Waals surface area contributed by atoms with Crippen LogP contribution in [0.1, 0.15) is 38.3 Å². The van der Waals surface area contributed by atoms with Crippen LogP contribution in [-0.4, -0.2) is 34.6 Å². The van der Waals surface area contributed by atoms with Crippen molar-refractivity contribution in [2.45, 2.75) is 51.6 Å². The predicted octanol–water partition coefficient (Wildman–Crippen LogP) is 6.87. The number of thioether (sulfide) groups is 1. The molecule has 1 unspecified atom stereocenters. The summed E-state index contributed by atoms with van der Waals surface area (Å²) in [7, 11) is 0. The lowest BCUT2D eigenvalue weighted by Gasteiger charge is -2.31. The Bertz CT molecular complexity index is 935. The molecule has 2 rings (SSSR count). The van der Waals surface area contributed by atoms with E-state index in [0.29, 0.717) is 32.3 Å². The van der Waals surface area contributed by atoms with Crippen LogP contribution in [0.4, 0.5) is 0 Å². The van der Waals surface area contributed by atoms with E-state index in [1.165, 1.54) is 11.8 Å². The summed E-state index contributed by atoms with van der Waals surface area (Å²) in [4.78, 5) is 27.7. The Balaban J connectivity index is 2.21. The van der Waals surface area contributed by atoms with Gasteiger partial charge < -0.3 is 10.2 Å². The Morgan fingerprint density at radius 2 is 1.69 bits per heavy atom. The van der Waals surface area contributed by atoms with Crippen molar-refractivity contribution in [3.63, 3.8) is 0 Å². The monoisotopic (exact) mass is 534 g/mol. The SMILES string of the molecule is CCC(C(=O)NC(C)C)N(Cc1ccc(Cl)cc1Cl)C(=O)CSCc1c(Cl)cccc1Cl. The number of hydrogen-bond acceptors (Lipinski definition) is 3. The van der Waals surface area contributed by atoms with E-state index in [1.807, 2.05) is 20.8 Å². The third kappa shape index (κ3) is 7.74. The average Bonchev–Trinajstić information content (AvgIpc) is 2.71. The molecule has 4 nitrogen and oxygen atoms in total. The summed E-state index contributed by atoms with van der Waals surface area (Å²) >= 11 is 26.2. The van der Waals surface area contributed by atoms with Crippen LogP contribution in [0.5, 0.6) is 0 Å². The van der Waals surface area contributed by atoms with Crippen LogP contribution in [0.3, 0.4) is 0 Å². The van der Waals surface area contributed by atoms with Gasteiger partial charge >= 0.3 is 0 Å². The molecule has 0 aliphatic rings. The molecule has 9 heteroatoms. The molecule has 2 amide bonds. The predicted molar refractivity (Wildman–Crippen MR) is 137 cm³/mol. The van der Waals surface area contributed by atoms with Crippen molar-refractivity contribution in [3.8, 4) is 0 Å². The molecular formula is C23H26Cl4N2O2S. The maximum Gasteiger partial charge on any atom is 0.243 e. The molecule has 32 heavy (non-hydrogen) atoms. The molecule has 0 saturated carbocycles. The first kappa shape index (κ1) is 27.1. The van der Waals surface area contributed by atoms with Crippen LogP contribution in [0.2, 0.25) is 20.1 Å². The molecule has 1 N–H and O–H groups in total. The summed E-state index contributed by atoms with van der Waals surface area (Å²) in [6.07, 6.45) is 0.469. The van der Waals surface area contributed by atoms with Crippen molar-refractivity contribution in [1.82, 2.24) is 10.2 Å². The Labute approximate surface area is 213 Å². The van der Waals surface area contributed by atoms with Gasteiger partial charge in [0, 0.05) is 38.4 Å². The van der Waals surface area contributed by atoms with Gasteiger partial charge in [-0.25, -0.2) is 0 Å². The number of carbonyl (C=O) groups is 2. The van der Waals surface area contributed by atoms with E-state index in [-0.39, 0.29) is 30.2 Å². The second-order valence-electron chi connectivity index (χ2n) is 7.54. The lowest BCUT2D eigenvalue weighted by atomic mass is 10.1. The van der Waals surface area contributed by atoms with E-state index in [4.69, 9.17) is 46.4 Å². The molecule has 0 heterocycles. The van der Waals surface area contributed by atoms with Gasteiger partial charge in [0.05, 0.1) is 5.75 Å². The number of halogens is 4. The molecule has 1 atom stereocenters. The second-order valence-corrected chi connectivity index (χ2v) is 10.2. The lowest BCUT2D eigenvalue weighted by molar-refractivity contribution is -0.139. The molecule has 174 valence electrons. The Morgan fingerprint density at radius 1 is 1.03 bits per heavy atom. The van der Waals surface area contributed by atoms with Gasteiger partial charge in [0.25, 0.3) is 0 Å². The third-order valence-corrected chi connectivity index (χ3v) is 6.95. The fourth-order valence-corrected chi connectivity index (χ4v) is 5.24. The van der Waals surface area contributed by atoms with E-state index in [9.17, 15) is 9.59 Å². The zero-order valence-electron chi connectivity index (χ0n) is 18.1. The van der Waals surface area contributed by atoms with Crippen molar-refractivity contribution < 1.29 is 9.59 Å². The lowest BCUT2D eigenvalue weighted by Crippen LogP contribution is -2.51. The molecule has 0 radical (unpaired) electrons. The highest BCUT2D eigenvalue weighted by molar-refractivity contribution is 7.99. The molecule has 0 aliphatic carbocycles. The fourth-order valence-electron chi connectivity index (χ4n) is 3.13. The Morgan fingerprint density at radius 3 is 2.25 bits per heavy atom. The maximum atomic E-state index is 13.3. The number of nitrogens with zero attached hydrogens (tertiary/aromatic N) is 1. The van der Waals surface area contributed by atoms with Crippen LogP contribution in [0.25, 0.3) is 0 Å². The molecular weight excluding hydrogens is 510 g/mol. The van der Waals surface area contributed by atoms with Crippen LogP contribution in [0.15, 0.2) is 36.4 Å². The Kier molecular flexibility index (Phi) is 11.0. The first-order chi connectivity index (χ1) is 15.1. The smallest absolute Gasteiger partial charge is 0.243 e.